The molecule has 8 nitrogen and oxygen atoms in total. The van der Waals surface area contributed by atoms with E-state index in [1.54, 1.807) is 41.5 Å². The Balaban J connectivity index is 3.82. The standard InChI is InChI=1S/C20H26ClFN2O6/c1-9-10-11-13(22)15(12(21)14(23-11)16(25)28-8)24(17(26)29-19(2,3)4)18(27)30-20(5,6)7/h9H,1,10H2,2-8H3. The van der Waals surface area contributed by atoms with Crippen LogP contribution in [0.25, 0.3) is 0 Å². The molecule has 1 heterocycles. The van der Waals surface area contributed by atoms with E-state index in [0.29, 0.717) is 4.90 Å². The number of pyridine rings is 1. The quantitative estimate of drug-likeness (QED) is 0.363. The van der Waals surface area contributed by atoms with E-state index < -0.39 is 51.6 Å². The molecule has 2 amide bonds. The predicted molar refractivity (Wildman–Crippen MR) is 109 cm³/mol. The van der Waals surface area contributed by atoms with Gasteiger partial charge in [-0.25, -0.2) is 23.8 Å². The fraction of sp³-hybridized carbons (Fsp3) is 0.500. The number of allylic oxidation sites excluding steroid dienone is 1. The van der Waals surface area contributed by atoms with Crippen LogP contribution >= 0.6 is 11.6 Å². The van der Waals surface area contributed by atoms with E-state index in [0.717, 1.165) is 7.11 Å². The first-order valence-electron chi connectivity index (χ1n) is 8.96. The Kier molecular flexibility index (Phi) is 7.96. The second-order valence-electron chi connectivity index (χ2n) is 8.16. The van der Waals surface area contributed by atoms with Crippen LogP contribution in [0.15, 0.2) is 12.7 Å². The normalized spacial score (nSPS) is 11.5. The minimum atomic E-state index is -1.25. The summed E-state index contributed by atoms with van der Waals surface area (Å²) >= 11 is 6.20. The lowest BCUT2D eigenvalue weighted by Crippen LogP contribution is -2.44. The molecule has 0 unspecified atom stereocenters. The topological polar surface area (TPSA) is 95.0 Å². The van der Waals surface area contributed by atoms with Crippen LogP contribution in [0.2, 0.25) is 5.02 Å². The van der Waals surface area contributed by atoms with Gasteiger partial charge in [-0.1, -0.05) is 17.7 Å². The summed E-state index contributed by atoms with van der Waals surface area (Å²) < 4.78 is 30.4. The van der Waals surface area contributed by atoms with Crippen molar-refractivity contribution in [2.24, 2.45) is 0 Å². The van der Waals surface area contributed by atoms with E-state index in [4.69, 9.17) is 21.1 Å². The summed E-state index contributed by atoms with van der Waals surface area (Å²) in [7, 11) is 1.08. The van der Waals surface area contributed by atoms with E-state index in [1.165, 1.54) is 6.08 Å². The number of carbonyl (C=O) groups is 3. The minimum Gasteiger partial charge on any atom is -0.464 e. The Bertz CT molecular complexity index is 830. The van der Waals surface area contributed by atoms with E-state index in [2.05, 4.69) is 16.3 Å². The first-order chi connectivity index (χ1) is 13.6. The second-order valence-corrected chi connectivity index (χ2v) is 8.54. The van der Waals surface area contributed by atoms with Crippen LogP contribution < -0.4 is 4.90 Å². The van der Waals surface area contributed by atoms with Crippen LogP contribution in [0, 0.1) is 5.82 Å². The third-order valence-electron chi connectivity index (χ3n) is 3.22. The van der Waals surface area contributed by atoms with Crippen molar-refractivity contribution < 1.29 is 33.0 Å². The van der Waals surface area contributed by atoms with E-state index >= 15 is 4.39 Å². The molecule has 166 valence electrons. The molecular formula is C20H26ClFN2O6. The first kappa shape index (κ1) is 25.4. The Hall–Kier alpha value is -2.68. The number of aromatic nitrogens is 1. The van der Waals surface area contributed by atoms with Crippen molar-refractivity contribution >= 4 is 35.4 Å². The zero-order valence-electron chi connectivity index (χ0n) is 18.1. The number of esters is 1. The van der Waals surface area contributed by atoms with Gasteiger partial charge in [0.05, 0.1) is 12.8 Å². The number of imide groups is 1. The summed E-state index contributed by atoms with van der Waals surface area (Å²) in [5, 5.41) is -0.608. The van der Waals surface area contributed by atoms with Crippen LogP contribution in [-0.4, -0.2) is 41.5 Å². The van der Waals surface area contributed by atoms with Crippen LogP contribution in [0.3, 0.4) is 0 Å². The van der Waals surface area contributed by atoms with Gasteiger partial charge in [0, 0.05) is 6.42 Å². The van der Waals surface area contributed by atoms with Crippen molar-refractivity contribution in [3.05, 3.63) is 34.9 Å². The minimum absolute atomic E-state index is 0.115. The SMILES string of the molecule is C=CCc1nc(C(=O)OC)c(Cl)c(N(C(=O)OC(C)(C)C)C(=O)OC(C)(C)C)c1F. The van der Waals surface area contributed by atoms with Gasteiger partial charge in [-0.15, -0.1) is 6.58 Å². The van der Waals surface area contributed by atoms with E-state index in [-0.39, 0.29) is 12.1 Å². The molecule has 0 aliphatic heterocycles. The summed E-state index contributed by atoms with van der Waals surface area (Å²) in [6.45, 7) is 12.9. The van der Waals surface area contributed by atoms with Gasteiger partial charge in [0.25, 0.3) is 0 Å². The van der Waals surface area contributed by atoms with Crippen molar-refractivity contribution in [2.45, 2.75) is 59.2 Å². The van der Waals surface area contributed by atoms with Gasteiger partial charge in [0.2, 0.25) is 0 Å². The number of amides is 2. The van der Waals surface area contributed by atoms with E-state index in [9.17, 15) is 14.4 Å². The average molecular weight is 445 g/mol. The molecular weight excluding hydrogens is 419 g/mol. The molecule has 1 rings (SSSR count). The first-order valence-corrected chi connectivity index (χ1v) is 9.34. The highest BCUT2D eigenvalue weighted by atomic mass is 35.5. The van der Waals surface area contributed by atoms with Crippen LogP contribution in [0.5, 0.6) is 0 Å². The molecule has 0 spiro atoms. The van der Waals surface area contributed by atoms with Crippen LogP contribution in [0.4, 0.5) is 19.7 Å². The number of halogens is 2. The number of ether oxygens (including phenoxy) is 3. The molecule has 0 saturated carbocycles. The maximum Gasteiger partial charge on any atom is 0.424 e. The highest BCUT2D eigenvalue weighted by Crippen LogP contribution is 2.35. The Morgan fingerprint density at radius 3 is 1.93 bits per heavy atom. The largest absolute Gasteiger partial charge is 0.464 e. The molecule has 0 fully saturated rings. The lowest BCUT2D eigenvalue weighted by Gasteiger charge is -2.29. The summed E-state index contributed by atoms with van der Waals surface area (Å²) in [5.41, 5.74) is -3.54. The maximum atomic E-state index is 15.3. The Morgan fingerprint density at radius 1 is 1.10 bits per heavy atom. The van der Waals surface area contributed by atoms with Gasteiger partial charge in [0.15, 0.2) is 11.5 Å². The van der Waals surface area contributed by atoms with Gasteiger partial charge < -0.3 is 14.2 Å². The molecule has 10 heteroatoms. The molecule has 0 bridgehead atoms. The van der Waals surface area contributed by atoms with Crippen molar-refractivity contribution in [3.63, 3.8) is 0 Å². The lowest BCUT2D eigenvalue weighted by molar-refractivity contribution is 0.0426. The number of hydrogen-bond donors (Lipinski definition) is 0. The maximum absolute atomic E-state index is 15.3. The van der Waals surface area contributed by atoms with Gasteiger partial charge in [-0.05, 0) is 41.5 Å². The highest BCUT2D eigenvalue weighted by molar-refractivity contribution is 6.37. The number of anilines is 1. The Morgan fingerprint density at radius 2 is 1.57 bits per heavy atom. The van der Waals surface area contributed by atoms with Gasteiger partial charge in [-0.3, -0.25) is 0 Å². The van der Waals surface area contributed by atoms with Gasteiger partial charge in [-0.2, -0.15) is 4.90 Å². The smallest absolute Gasteiger partial charge is 0.424 e. The molecule has 0 aliphatic rings. The van der Waals surface area contributed by atoms with Crippen LogP contribution in [0.1, 0.15) is 57.7 Å². The molecule has 0 saturated heterocycles. The number of methoxy groups -OCH3 is 1. The molecule has 1 aromatic heterocycles. The van der Waals surface area contributed by atoms with Crippen molar-refractivity contribution in [3.8, 4) is 0 Å². The molecule has 0 aromatic carbocycles. The molecule has 0 atom stereocenters. The van der Waals surface area contributed by atoms with Crippen LogP contribution in [-0.2, 0) is 20.6 Å². The fourth-order valence-corrected chi connectivity index (χ4v) is 2.44. The second kappa shape index (κ2) is 9.42. The van der Waals surface area contributed by atoms with Crippen molar-refractivity contribution in [1.82, 2.24) is 4.98 Å². The zero-order valence-corrected chi connectivity index (χ0v) is 18.8. The van der Waals surface area contributed by atoms with Crippen molar-refractivity contribution in [2.75, 3.05) is 12.0 Å². The number of hydrogen-bond acceptors (Lipinski definition) is 7. The van der Waals surface area contributed by atoms with Gasteiger partial charge in [0.1, 0.15) is 21.9 Å². The summed E-state index contributed by atoms with van der Waals surface area (Å²) in [4.78, 5) is 41.9. The molecule has 0 radical (unpaired) electrons. The zero-order chi connectivity index (χ0) is 23.4. The summed E-state index contributed by atoms with van der Waals surface area (Å²) in [5.74, 6) is -2.09. The Labute approximate surface area is 179 Å². The third kappa shape index (κ3) is 6.41. The number of rotatable bonds is 4. The molecule has 0 aliphatic carbocycles. The third-order valence-corrected chi connectivity index (χ3v) is 3.57. The summed E-state index contributed by atoms with van der Waals surface area (Å²) in [6, 6.07) is 0. The number of nitrogens with zero attached hydrogens (tertiary/aromatic N) is 2. The highest BCUT2D eigenvalue weighted by Gasteiger charge is 2.38. The van der Waals surface area contributed by atoms with E-state index in [1.807, 2.05) is 0 Å². The fourth-order valence-electron chi connectivity index (χ4n) is 2.15. The monoisotopic (exact) mass is 444 g/mol. The van der Waals surface area contributed by atoms with Crippen molar-refractivity contribution in [1.29, 1.82) is 0 Å². The summed E-state index contributed by atoms with van der Waals surface area (Å²) in [6.07, 6.45) is -1.28. The predicted octanol–water partition coefficient (Wildman–Crippen LogP) is 5.07. The average Bonchev–Trinajstić information content (AvgIpc) is 2.57. The number of carbonyl (C=O) groups excluding carboxylic acids is 3. The molecule has 30 heavy (non-hydrogen) atoms. The molecule has 1 aromatic rings. The molecule has 0 N–H and O–H groups in total. The van der Waals surface area contributed by atoms with Gasteiger partial charge >= 0.3 is 18.2 Å². The lowest BCUT2D eigenvalue weighted by atomic mass is 10.1.